The van der Waals surface area contributed by atoms with E-state index in [0.717, 1.165) is 6.07 Å². The standard InChI is InChI=1S/C10H6ClFN2O3/c11-8-6-4(12)2-1-3-5(6)13-9(15)7(8)10(16)14-17/h1-3,17H,(H,13,15)(H,14,16). The molecule has 0 saturated heterocycles. The summed E-state index contributed by atoms with van der Waals surface area (Å²) in [6.45, 7) is 0. The van der Waals surface area contributed by atoms with E-state index in [0.29, 0.717) is 0 Å². The largest absolute Gasteiger partial charge is 0.321 e. The lowest BCUT2D eigenvalue weighted by Crippen LogP contribution is -2.27. The maximum absolute atomic E-state index is 13.5. The molecule has 7 heteroatoms. The van der Waals surface area contributed by atoms with Gasteiger partial charge in [0.05, 0.1) is 15.9 Å². The first-order chi connectivity index (χ1) is 8.06. The van der Waals surface area contributed by atoms with Crippen molar-refractivity contribution >= 4 is 28.4 Å². The van der Waals surface area contributed by atoms with E-state index in [1.807, 2.05) is 0 Å². The molecule has 2 aromatic rings. The summed E-state index contributed by atoms with van der Waals surface area (Å²) in [4.78, 5) is 25.1. The lowest BCUT2D eigenvalue weighted by molar-refractivity contribution is 0.0705. The molecule has 0 aliphatic rings. The van der Waals surface area contributed by atoms with Crippen molar-refractivity contribution < 1.29 is 14.4 Å². The summed E-state index contributed by atoms with van der Waals surface area (Å²) in [5.41, 5.74) is 0.115. The van der Waals surface area contributed by atoms with E-state index in [-0.39, 0.29) is 15.9 Å². The normalized spacial score (nSPS) is 10.5. The summed E-state index contributed by atoms with van der Waals surface area (Å²) in [6.07, 6.45) is 0. The van der Waals surface area contributed by atoms with Gasteiger partial charge in [-0.3, -0.25) is 14.8 Å². The molecule has 1 aromatic carbocycles. The predicted octanol–water partition coefficient (Wildman–Crippen LogP) is 1.44. The highest BCUT2D eigenvalue weighted by atomic mass is 35.5. The number of hydrogen-bond donors (Lipinski definition) is 3. The number of carbonyl (C=O) groups is 1. The summed E-state index contributed by atoms with van der Waals surface area (Å²) in [5.74, 6) is -1.77. The average Bonchev–Trinajstić information content (AvgIpc) is 2.28. The fraction of sp³-hybridized carbons (Fsp3) is 0. The fourth-order valence-electron chi connectivity index (χ4n) is 1.52. The van der Waals surface area contributed by atoms with Gasteiger partial charge in [0.25, 0.3) is 11.5 Å². The Labute approximate surface area is 98.8 Å². The second-order valence-electron chi connectivity index (χ2n) is 3.25. The number of hydrogen-bond acceptors (Lipinski definition) is 3. The monoisotopic (exact) mass is 256 g/mol. The smallest absolute Gasteiger partial charge is 0.281 e. The molecule has 0 unspecified atom stereocenters. The van der Waals surface area contributed by atoms with Gasteiger partial charge in [0.2, 0.25) is 0 Å². The first-order valence-corrected chi connectivity index (χ1v) is 4.88. The maximum atomic E-state index is 13.5. The van der Waals surface area contributed by atoms with Crippen molar-refractivity contribution in [3.05, 3.63) is 45.0 Å². The van der Waals surface area contributed by atoms with Gasteiger partial charge in [0, 0.05) is 0 Å². The van der Waals surface area contributed by atoms with Gasteiger partial charge in [-0.15, -0.1) is 0 Å². The van der Waals surface area contributed by atoms with Gasteiger partial charge in [0.15, 0.2) is 0 Å². The highest BCUT2D eigenvalue weighted by Gasteiger charge is 2.19. The zero-order valence-corrected chi connectivity index (χ0v) is 9.01. The van der Waals surface area contributed by atoms with Crippen LogP contribution < -0.4 is 11.0 Å². The fourth-order valence-corrected chi connectivity index (χ4v) is 1.88. The van der Waals surface area contributed by atoms with Crippen molar-refractivity contribution in [1.82, 2.24) is 10.5 Å². The van der Waals surface area contributed by atoms with Crippen molar-refractivity contribution in [2.75, 3.05) is 0 Å². The molecule has 0 saturated carbocycles. The predicted molar refractivity (Wildman–Crippen MR) is 58.8 cm³/mol. The number of amides is 1. The van der Waals surface area contributed by atoms with Crippen LogP contribution in [0.25, 0.3) is 10.9 Å². The number of aromatic nitrogens is 1. The Balaban J connectivity index is 2.93. The third-order valence-corrected chi connectivity index (χ3v) is 2.63. The number of H-pyrrole nitrogens is 1. The quantitative estimate of drug-likeness (QED) is 0.533. The van der Waals surface area contributed by atoms with Crippen molar-refractivity contribution in [3.8, 4) is 0 Å². The van der Waals surface area contributed by atoms with Crippen molar-refractivity contribution in [1.29, 1.82) is 0 Å². The Bertz CT molecular complexity index is 668. The average molecular weight is 257 g/mol. The zero-order valence-electron chi connectivity index (χ0n) is 8.25. The second kappa shape index (κ2) is 4.15. The Morgan fingerprint density at radius 1 is 1.47 bits per heavy atom. The highest BCUT2D eigenvalue weighted by molar-refractivity contribution is 6.38. The number of hydroxylamine groups is 1. The molecule has 1 amide bonds. The molecule has 3 N–H and O–H groups in total. The van der Waals surface area contributed by atoms with E-state index in [4.69, 9.17) is 16.8 Å². The number of rotatable bonds is 1. The molecule has 0 aliphatic heterocycles. The van der Waals surface area contributed by atoms with Gasteiger partial charge in [0.1, 0.15) is 11.4 Å². The molecule has 0 radical (unpaired) electrons. The maximum Gasteiger partial charge on any atom is 0.281 e. The Morgan fingerprint density at radius 3 is 2.82 bits per heavy atom. The minimum absolute atomic E-state index is 0.0765. The molecule has 0 aliphatic carbocycles. The number of carbonyl (C=O) groups excluding carboxylic acids is 1. The number of aromatic amines is 1. The Hall–Kier alpha value is -1.92. The zero-order chi connectivity index (χ0) is 12.6. The summed E-state index contributed by atoms with van der Waals surface area (Å²) in [6, 6.07) is 4.00. The lowest BCUT2D eigenvalue weighted by atomic mass is 10.1. The molecular formula is C10H6ClFN2O3. The van der Waals surface area contributed by atoms with Gasteiger partial charge in [-0.25, -0.2) is 9.87 Å². The number of pyridine rings is 1. The number of fused-ring (bicyclic) bond motifs is 1. The number of halogens is 2. The van der Waals surface area contributed by atoms with Gasteiger partial charge >= 0.3 is 0 Å². The molecule has 0 atom stereocenters. The van der Waals surface area contributed by atoms with Gasteiger partial charge < -0.3 is 4.98 Å². The molecular weight excluding hydrogens is 251 g/mol. The highest BCUT2D eigenvalue weighted by Crippen LogP contribution is 2.25. The summed E-state index contributed by atoms with van der Waals surface area (Å²) < 4.78 is 13.5. The van der Waals surface area contributed by atoms with Crippen LogP contribution in [-0.2, 0) is 0 Å². The van der Waals surface area contributed by atoms with Crippen molar-refractivity contribution in [2.45, 2.75) is 0 Å². The van der Waals surface area contributed by atoms with Crippen LogP contribution in [0.1, 0.15) is 10.4 Å². The molecule has 2 rings (SSSR count). The summed E-state index contributed by atoms with van der Waals surface area (Å²) in [7, 11) is 0. The van der Waals surface area contributed by atoms with E-state index < -0.39 is 22.8 Å². The van der Waals surface area contributed by atoms with Gasteiger partial charge in [-0.2, -0.15) is 0 Å². The SMILES string of the molecule is O=C(NO)c1c(Cl)c2c(F)cccc2[nH]c1=O. The summed E-state index contributed by atoms with van der Waals surface area (Å²) >= 11 is 5.79. The summed E-state index contributed by atoms with van der Waals surface area (Å²) in [5, 5.41) is 8.06. The van der Waals surface area contributed by atoms with E-state index in [1.54, 1.807) is 0 Å². The third kappa shape index (κ3) is 1.77. The second-order valence-corrected chi connectivity index (χ2v) is 3.62. The van der Waals surface area contributed by atoms with Gasteiger partial charge in [-0.05, 0) is 12.1 Å². The minimum atomic E-state index is -1.10. The minimum Gasteiger partial charge on any atom is -0.321 e. The van der Waals surface area contributed by atoms with Crippen LogP contribution in [0.5, 0.6) is 0 Å². The van der Waals surface area contributed by atoms with Crippen LogP contribution in [0.2, 0.25) is 5.02 Å². The van der Waals surface area contributed by atoms with Crippen molar-refractivity contribution in [3.63, 3.8) is 0 Å². The van der Waals surface area contributed by atoms with Crippen LogP contribution in [0.3, 0.4) is 0 Å². The van der Waals surface area contributed by atoms with Gasteiger partial charge in [-0.1, -0.05) is 17.7 Å². The Morgan fingerprint density at radius 2 is 2.18 bits per heavy atom. The topological polar surface area (TPSA) is 82.2 Å². The molecule has 5 nitrogen and oxygen atoms in total. The van der Waals surface area contributed by atoms with E-state index in [9.17, 15) is 14.0 Å². The first kappa shape index (κ1) is 11.6. The van der Waals surface area contributed by atoms with Crippen LogP contribution >= 0.6 is 11.6 Å². The van der Waals surface area contributed by atoms with Crippen molar-refractivity contribution in [2.24, 2.45) is 0 Å². The third-order valence-electron chi connectivity index (χ3n) is 2.26. The molecule has 0 fully saturated rings. The first-order valence-electron chi connectivity index (χ1n) is 4.50. The molecule has 0 bridgehead atoms. The lowest BCUT2D eigenvalue weighted by Gasteiger charge is -2.06. The number of nitrogens with one attached hydrogen (secondary N) is 2. The van der Waals surface area contributed by atoms with E-state index in [2.05, 4.69) is 4.98 Å². The molecule has 88 valence electrons. The molecule has 1 aromatic heterocycles. The van der Waals surface area contributed by atoms with Crippen LogP contribution in [0.15, 0.2) is 23.0 Å². The van der Waals surface area contributed by atoms with Crippen LogP contribution in [-0.4, -0.2) is 16.1 Å². The van der Waals surface area contributed by atoms with E-state index >= 15 is 0 Å². The molecule has 17 heavy (non-hydrogen) atoms. The number of benzene rings is 1. The van der Waals surface area contributed by atoms with Crippen LogP contribution in [0.4, 0.5) is 4.39 Å². The van der Waals surface area contributed by atoms with E-state index in [1.165, 1.54) is 17.6 Å². The van der Waals surface area contributed by atoms with Crippen LogP contribution in [0, 0.1) is 5.82 Å². The molecule has 0 spiro atoms. The Kier molecular flexibility index (Phi) is 2.83. The molecule has 1 heterocycles.